The van der Waals surface area contributed by atoms with Crippen LogP contribution in [-0.4, -0.2) is 11.9 Å². The van der Waals surface area contributed by atoms with Crippen LogP contribution in [0.1, 0.15) is 32.6 Å². The lowest BCUT2D eigenvalue weighted by molar-refractivity contribution is -0.115. The van der Waals surface area contributed by atoms with Gasteiger partial charge in [-0.1, -0.05) is 12.8 Å². The predicted molar refractivity (Wildman–Crippen MR) is 43.8 cm³/mol. The van der Waals surface area contributed by atoms with Gasteiger partial charge in [-0.15, -0.1) is 0 Å². The molecule has 0 spiro atoms. The molecule has 0 atom stereocenters. The van der Waals surface area contributed by atoms with Gasteiger partial charge in [-0.2, -0.15) is 0 Å². The van der Waals surface area contributed by atoms with Gasteiger partial charge >= 0.3 is 0 Å². The molecule has 1 amide bonds. The number of unbranched alkanes of at least 4 members (excludes halogenated alkanes) is 1. The van der Waals surface area contributed by atoms with E-state index in [0.29, 0.717) is 6.04 Å². The van der Waals surface area contributed by atoms with Crippen molar-refractivity contribution < 1.29 is 4.79 Å². The first kappa shape index (κ1) is 8.13. The van der Waals surface area contributed by atoms with E-state index in [1.54, 1.807) is 0 Å². The first-order chi connectivity index (χ1) is 5.33. The van der Waals surface area contributed by atoms with Gasteiger partial charge in [0.25, 0.3) is 5.91 Å². The first-order valence-corrected chi connectivity index (χ1v) is 4.12. The molecule has 0 heterocycles. The fraction of sp³-hybridized carbons (Fsp3) is 0.667. The van der Waals surface area contributed by atoms with Crippen LogP contribution in [0.4, 0.5) is 0 Å². The molecule has 2 heteroatoms. The average molecular weight is 151 g/mol. The molecule has 0 aliphatic heterocycles. The maximum Gasteiger partial charge on any atom is 0.296 e. The Bertz CT molecular complexity index is 195. The fourth-order valence-electron chi connectivity index (χ4n) is 0.717. The summed E-state index contributed by atoms with van der Waals surface area (Å²) in [6.45, 7) is 2.05. The summed E-state index contributed by atoms with van der Waals surface area (Å²) in [7, 11) is 0. The standard InChI is InChI=1S/C9H13NO/c1-2-3-4-5-9(11)10-8-6-7-8/h8H,2-3,6-7H2,1H3,(H,10,11). The van der Waals surface area contributed by atoms with Crippen molar-refractivity contribution in [3.8, 4) is 11.8 Å². The normalized spacial score (nSPS) is 15.0. The van der Waals surface area contributed by atoms with Gasteiger partial charge in [0.2, 0.25) is 0 Å². The number of nitrogens with one attached hydrogen (secondary N) is 1. The molecule has 0 aromatic heterocycles. The van der Waals surface area contributed by atoms with E-state index in [1.165, 1.54) is 0 Å². The molecule has 2 nitrogen and oxygen atoms in total. The second kappa shape index (κ2) is 4.02. The van der Waals surface area contributed by atoms with Gasteiger partial charge in [0.1, 0.15) is 0 Å². The molecule has 0 bridgehead atoms. The van der Waals surface area contributed by atoms with E-state index in [9.17, 15) is 4.79 Å². The number of carbonyl (C=O) groups excluding carboxylic acids is 1. The summed E-state index contributed by atoms with van der Waals surface area (Å²) in [6, 6.07) is 0.429. The zero-order valence-electron chi connectivity index (χ0n) is 6.81. The average Bonchev–Trinajstić information content (AvgIpc) is 2.72. The van der Waals surface area contributed by atoms with E-state index in [-0.39, 0.29) is 5.91 Å². The molecule has 0 saturated heterocycles. The van der Waals surface area contributed by atoms with Crippen LogP contribution >= 0.6 is 0 Å². The third-order valence-corrected chi connectivity index (χ3v) is 1.49. The van der Waals surface area contributed by atoms with E-state index in [4.69, 9.17) is 0 Å². The lowest BCUT2D eigenvalue weighted by Crippen LogP contribution is -2.23. The Kier molecular flexibility index (Phi) is 2.97. The highest BCUT2D eigenvalue weighted by Crippen LogP contribution is 2.17. The molecular weight excluding hydrogens is 138 g/mol. The van der Waals surface area contributed by atoms with Crippen molar-refractivity contribution in [3.63, 3.8) is 0 Å². The molecule has 1 N–H and O–H groups in total. The van der Waals surface area contributed by atoms with E-state index in [1.807, 2.05) is 6.92 Å². The van der Waals surface area contributed by atoms with Gasteiger partial charge in [-0.05, 0) is 25.2 Å². The molecule has 1 rings (SSSR count). The Morgan fingerprint density at radius 1 is 1.64 bits per heavy atom. The summed E-state index contributed by atoms with van der Waals surface area (Å²) >= 11 is 0. The molecule has 1 fully saturated rings. The third kappa shape index (κ3) is 3.67. The maximum atomic E-state index is 10.9. The van der Waals surface area contributed by atoms with Crippen molar-refractivity contribution in [1.29, 1.82) is 0 Å². The second-order valence-corrected chi connectivity index (χ2v) is 2.80. The van der Waals surface area contributed by atoms with Crippen LogP contribution in [0.2, 0.25) is 0 Å². The lowest BCUT2D eigenvalue weighted by atomic mass is 10.3. The van der Waals surface area contributed by atoms with Crippen LogP contribution < -0.4 is 5.32 Å². The summed E-state index contributed by atoms with van der Waals surface area (Å²) in [6.07, 6.45) is 4.09. The summed E-state index contributed by atoms with van der Waals surface area (Å²) in [5, 5.41) is 2.80. The van der Waals surface area contributed by atoms with E-state index in [0.717, 1.165) is 25.7 Å². The van der Waals surface area contributed by atoms with Crippen LogP contribution in [0.3, 0.4) is 0 Å². The van der Waals surface area contributed by atoms with Crippen molar-refractivity contribution in [2.45, 2.75) is 38.6 Å². The highest BCUT2D eigenvalue weighted by molar-refractivity contribution is 5.93. The molecule has 1 aliphatic rings. The van der Waals surface area contributed by atoms with Crippen LogP contribution in [-0.2, 0) is 4.79 Å². The van der Waals surface area contributed by atoms with Crippen molar-refractivity contribution in [3.05, 3.63) is 0 Å². The van der Waals surface area contributed by atoms with Crippen LogP contribution in [0, 0.1) is 11.8 Å². The molecule has 11 heavy (non-hydrogen) atoms. The molecule has 0 aromatic rings. The summed E-state index contributed by atoms with van der Waals surface area (Å²) in [4.78, 5) is 10.9. The zero-order chi connectivity index (χ0) is 8.10. The van der Waals surface area contributed by atoms with Gasteiger partial charge in [-0.25, -0.2) is 0 Å². The van der Waals surface area contributed by atoms with Crippen LogP contribution in [0.15, 0.2) is 0 Å². The smallest absolute Gasteiger partial charge is 0.296 e. The van der Waals surface area contributed by atoms with E-state index in [2.05, 4.69) is 17.2 Å². The Morgan fingerprint density at radius 2 is 2.36 bits per heavy atom. The highest BCUT2D eigenvalue weighted by Gasteiger charge is 2.22. The zero-order valence-corrected chi connectivity index (χ0v) is 6.81. The third-order valence-electron chi connectivity index (χ3n) is 1.49. The molecule has 0 unspecified atom stereocenters. The quantitative estimate of drug-likeness (QED) is 0.588. The monoisotopic (exact) mass is 151 g/mol. The van der Waals surface area contributed by atoms with Crippen LogP contribution in [0.5, 0.6) is 0 Å². The number of hydrogen-bond donors (Lipinski definition) is 1. The van der Waals surface area contributed by atoms with Crippen molar-refractivity contribution in [2.24, 2.45) is 0 Å². The van der Waals surface area contributed by atoms with Gasteiger partial charge in [0, 0.05) is 12.5 Å². The minimum atomic E-state index is -0.110. The Hall–Kier alpha value is -0.970. The summed E-state index contributed by atoms with van der Waals surface area (Å²) in [5.74, 6) is 5.25. The molecule has 60 valence electrons. The Morgan fingerprint density at radius 3 is 2.91 bits per heavy atom. The van der Waals surface area contributed by atoms with Gasteiger partial charge < -0.3 is 5.32 Å². The minimum absolute atomic E-state index is 0.110. The fourth-order valence-corrected chi connectivity index (χ4v) is 0.717. The van der Waals surface area contributed by atoms with Crippen molar-refractivity contribution >= 4 is 5.91 Å². The van der Waals surface area contributed by atoms with Crippen LogP contribution in [0.25, 0.3) is 0 Å². The number of hydrogen-bond acceptors (Lipinski definition) is 1. The van der Waals surface area contributed by atoms with Crippen molar-refractivity contribution in [1.82, 2.24) is 5.32 Å². The molecule has 1 saturated carbocycles. The number of rotatable bonds is 2. The predicted octanol–water partition coefficient (Wildman–Crippen LogP) is 1.07. The second-order valence-electron chi connectivity index (χ2n) is 2.80. The summed E-state index contributed by atoms with van der Waals surface area (Å²) in [5.41, 5.74) is 0. The summed E-state index contributed by atoms with van der Waals surface area (Å²) < 4.78 is 0. The van der Waals surface area contributed by atoms with E-state index >= 15 is 0 Å². The van der Waals surface area contributed by atoms with Gasteiger partial charge in [0.15, 0.2) is 0 Å². The molecule has 0 aromatic carbocycles. The van der Waals surface area contributed by atoms with Gasteiger partial charge in [-0.3, -0.25) is 4.79 Å². The first-order valence-electron chi connectivity index (χ1n) is 4.12. The largest absolute Gasteiger partial charge is 0.343 e. The Balaban J connectivity index is 2.14. The minimum Gasteiger partial charge on any atom is -0.343 e. The van der Waals surface area contributed by atoms with Gasteiger partial charge in [0.05, 0.1) is 0 Å². The molecule has 1 aliphatic carbocycles. The number of amides is 1. The molecular formula is C9H13NO. The SMILES string of the molecule is CCCC#CC(=O)NC1CC1. The van der Waals surface area contributed by atoms with Crippen molar-refractivity contribution in [2.75, 3.05) is 0 Å². The molecule has 0 radical (unpaired) electrons. The number of carbonyl (C=O) groups is 1. The highest BCUT2D eigenvalue weighted by atomic mass is 16.1. The Labute approximate surface area is 67.4 Å². The topological polar surface area (TPSA) is 29.1 Å². The lowest BCUT2D eigenvalue weighted by Gasteiger charge is -1.92. The maximum absolute atomic E-state index is 10.9. The van der Waals surface area contributed by atoms with E-state index < -0.39 is 0 Å².